The fraction of sp³-hybridized carbons (Fsp3) is 0.250. The molecule has 1 aromatic carbocycles. The van der Waals surface area contributed by atoms with Gasteiger partial charge < -0.3 is 5.73 Å². The zero-order valence-corrected chi connectivity index (χ0v) is 13.2. The van der Waals surface area contributed by atoms with Crippen molar-refractivity contribution in [3.63, 3.8) is 0 Å². The molecule has 0 saturated heterocycles. The van der Waals surface area contributed by atoms with E-state index >= 15 is 0 Å². The third kappa shape index (κ3) is 3.26. The molecule has 1 heterocycles. The Kier molecular flexibility index (Phi) is 4.59. The van der Waals surface area contributed by atoms with Crippen molar-refractivity contribution in [3.8, 4) is 0 Å². The zero-order valence-electron chi connectivity index (χ0n) is 10.8. The highest BCUT2D eigenvalue weighted by atomic mass is 79.9. The average Bonchev–Trinajstić information content (AvgIpc) is 2.91. The van der Waals surface area contributed by atoms with Crippen LogP contribution in [0.2, 0.25) is 0 Å². The van der Waals surface area contributed by atoms with Gasteiger partial charge in [-0.2, -0.15) is 5.10 Å². The van der Waals surface area contributed by atoms with E-state index in [1.54, 1.807) is 31.5 Å². The molecule has 1 atom stereocenters. The Hall–Kier alpha value is -1.22. The van der Waals surface area contributed by atoms with E-state index in [0.29, 0.717) is 11.0 Å². The van der Waals surface area contributed by atoms with Gasteiger partial charge >= 0.3 is 0 Å². The molecule has 0 radical (unpaired) electrons. The summed E-state index contributed by atoms with van der Waals surface area (Å²) in [5.74, 6) is 0. The summed E-state index contributed by atoms with van der Waals surface area (Å²) in [5, 5.41) is 6.46. The van der Waals surface area contributed by atoms with Crippen molar-refractivity contribution >= 4 is 26.0 Å². The lowest BCUT2D eigenvalue weighted by Crippen LogP contribution is -2.27. The Balaban J connectivity index is 2.27. The number of H-pyrrole nitrogens is 1. The minimum absolute atomic E-state index is 0.185. The number of aromatic amines is 1. The first-order chi connectivity index (χ1) is 9.44. The van der Waals surface area contributed by atoms with Gasteiger partial charge in [0.2, 0.25) is 10.0 Å². The van der Waals surface area contributed by atoms with E-state index in [-0.39, 0.29) is 10.9 Å². The summed E-state index contributed by atoms with van der Waals surface area (Å²) in [6.07, 6.45) is 3.24. The molecule has 108 valence electrons. The van der Waals surface area contributed by atoms with Crippen LogP contribution in [0.25, 0.3) is 0 Å². The Labute approximate surface area is 125 Å². The van der Waals surface area contributed by atoms with Gasteiger partial charge in [0.25, 0.3) is 0 Å². The number of hydrogen-bond donors (Lipinski definition) is 3. The Morgan fingerprint density at radius 2 is 2.25 bits per heavy atom. The molecule has 2 rings (SSSR count). The van der Waals surface area contributed by atoms with Gasteiger partial charge in [0, 0.05) is 28.8 Å². The molecule has 0 spiro atoms. The number of halogens is 1. The van der Waals surface area contributed by atoms with Crippen LogP contribution in [0, 0.1) is 0 Å². The monoisotopic (exact) mass is 358 g/mol. The van der Waals surface area contributed by atoms with Crippen LogP contribution >= 0.6 is 15.9 Å². The maximum absolute atomic E-state index is 12.4. The molecule has 1 aromatic heterocycles. The molecule has 4 N–H and O–H groups in total. The van der Waals surface area contributed by atoms with E-state index < -0.39 is 10.0 Å². The Morgan fingerprint density at radius 1 is 1.50 bits per heavy atom. The van der Waals surface area contributed by atoms with Crippen molar-refractivity contribution in [1.82, 2.24) is 14.9 Å². The lowest BCUT2D eigenvalue weighted by Gasteiger charge is -2.14. The normalized spacial score (nSPS) is 13.3. The molecule has 0 amide bonds. The highest BCUT2D eigenvalue weighted by molar-refractivity contribution is 9.10. The second-order valence-electron chi connectivity index (χ2n) is 4.34. The summed E-state index contributed by atoms with van der Waals surface area (Å²) in [7, 11) is -3.62. The fourth-order valence-corrected chi connectivity index (χ4v) is 4.11. The van der Waals surface area contributed by atoms with Crippen LogP contribution < -0.4 is 10.5 Å². The van der Waals surface area contributed by atoms with Gasteiger partial charge in [-0.05, 0) is 40.5 Å². The predicted octanol–water partition coefficient (Wildman–Crippen LogP) is 1.67. The highest BCUT2D eigenvalue weighted by Crippen LogP contribution is 2.24. The molecule has 2 aromatic rings. The van der Waals surface area contributed by atoms with Gasteiger partial charge in [0.05, 0.1) is 11.1 Å². The molecule has 8 heteroatoms. The number of nitrogens with two attached hydrogens (primary N) is 1. The number of sulfonamides is 1. The van der Waals surface area contributed by atoms with Crippen molar-refractivity contribution in [2.75, 3.05) is 0 Å². The average molecular weight is 359 g/mol. The quantitative estimate of drug-likeness (QED) is 0.756. The maximum Gasteiger partial charge on any atom is 0.242 e. The first kappa shape index (κ1) is 15.2. The molecule has 0 aliphatic heterocycles. The first-order valence-electron chi connectivity index (χ1n) is 5.93. The number of rotatable bonds is 5. The van der Waals surface area contributed by atoms with E-state index in [1.807, 2.05) is 0 Å². The van der Waals surface area contributed by atoms with Crippen LogP contribution in [-0.2, 0) is 16.6 Å². The van der Waals surface area contributed by atoms with Gasteiger partial charge in [0.15, 0.2) is 0 Å². The first-order valence-corrected chi connectivity index (χ1v) is 8.21. The Bertz CT molecular complexity index is 685. The standard InChI is InChI=1S/C12H15BrN4O2S/c1-8(10-6-15-16-7-10)17-20(18,19)12-3-2-9(5-14)4-11(12)13/h2-4,6-8,17H,5,14H2,1H3,(H,15,16). The van der Waals surface area contributed by atoms with Crippen molar-refractivity contribution in [1.29, 1.82) is 0 Å². The summed E-state index contributed by atoms with van der Waals surface area (Å²) in [5.41, 5.74) is 7.15. The third-order valence-electron chi connectivity index (χ3n) is 2.87. The van der Waals surface area contributed by atoms with Crippen LogP contribution in [0.3, 0.4) is 0 Å². The number of aromatic nitrogens is 2. The molecule has 20 heavy (non-hydrogen) atoms. The SMILES string of the molecule is CC(NS(=O)(=O)c1ccc(CN)cc1Br)c1cn[nH]c1. The third-order valence-corrected chi connectivity index (χ3v) is 5.39. The second kappa shape index (κ2) is 6.04. The minimum atomic E-state index is -3.62. The predicted molar refractivity (Wildman–Crippen MR) is 79.4 cm³/mol. The van der Waals surface area contributed by atoms with Crippen molar-refractivity contribution < 1.29 is 8.42 Å². The van der Waals surface area contributed by atoms with Crippen molar-refractivity contribution in [2.24, 2.45) is 5.73 Å². The lowest BCUT2D eigenvalue weighted by molar-refractivity contribution is 0.566. The number of hydrogen-bond acceptors (Lipinski definition) is 4. The van der Waals surface area contributed by atoms with Gasteiger partial charge in [-0.25, -0.2) is 13.1 Å². The van der Waals surface area contributed by atoms with Gasteiger partial charge in [-0.15, -0.1) is 0 Å². The summed E-state index contributed by atoms with van der Waals surface area (Å²) in [6, 6.07) is 4.56. The molecule has 0 aliphatic rings. The van der Waals surface area contributed by atoms with E-state index in [4.69, 9.17) is 5.73 Å². The molecular formula is C12H15BrN4O2S. The summed E-state index contributed by atoms with van der Waals surface area (Å²) < 4.78 is 27.8. The molecule has 1 unspecified atom stereocenters. The number of nitrogens with zero attached hydrogens (tertiary/aromatic N) is 1. The van der Waals surface area contributed by atoms with E-state index in [1.165, 1.54) is 6.07 Å². The zero-order chi connectivity index (χ0) is 14.8. The summed E-state index contributed by atoms with van der Waals surface area (Å²) in [6.45, 7) is 2.11. The molecule has 0 fully saturated rings. The highest BCUT2D eigenvalue weighted by Gasteiger charge is 2.21. The van der Waals surface area contributed by atoms with E-state index in [9.17, 15) is 8.42 Å². The molecule has 6 nitrogen and oxygen atoms in total. The van der Waals surface area contributed by atoms with Crippen LogP contribution in [0.15, 0.2) is 40.0 Å². The van der Waals surface area contributed by atoms with Crippen LogP contribution in [0.1, 0.15) is 24.1 Å². The van der Waals surface area contributed by atoms with Crippen LogP contribution in [-0.4, -0.2) is 18.6 Å². The molecule has 0 aliphatic carbocycles. The number of nitrogens with one attached hydrogen (secondary N) is 2. The van der Waals surface area contributed by atoms with Gasteiger partial charge in [0.1, 0.15) is 0 Å². The number of benzene rings is 1. The molecule has 0 bridgehead atoms. The largest absolute Gasteiger partial charge is 0.326 e. The van der Waals surface area contributed by atoms with Gasteiger partial charge in [-0.3, -0.25) is 5.10 Å². The van der Waals surface area contributed by atoms with Crippen molar-refractivity contribution in [3.05, 3.63) is 46.2 Å². The van der Waals surface area contributed by atoms with E-state index in [0.717, 1.165) is 11.1 Å². The van der Waals surface area contributed by atoms with Crippen molar-refractivity contribution in [2.45, 2.75) is 24.4 Å². The maximum atomic E-state index is 12.4. The second-order valence-corrected chi connectivity index (χ2v) is 6.88. The topological polar surface area (TPSA) is 101 Å². The fourth-order valence-electron chi connectivity index (χ4n) is 1.75. The van der Waals surface area contributed by atoms with Gasteiger partial charge in [-0.1, -0.05) is 6.07 Å². The summed E-state index contributed by atoms with van der Waals surface area (Å²) >= 11 is 3.27. The Morgan fingerprint density at radius 3 is 2.80 bits per heavy atom. The van der Waals surface area contributed by atoms with Crippen LogP contribution in [0.5, 0.6) is 0 Å². The summed E-state index contributed by atoms with van der Waals surface area (Å²) in [4.78, 5) is 0.185. The van der Waals surface area contributed by atoms with E-state index in [2.05, 4.69) is 30.8 Å². The minimum Gasteiger partial charge on any atom is -0.326 e. The van der Waals surface area contributed by atoms with Crippen LogP contribution in [0.4, 0.5) is 0 Å². The molecular weight excluding hydrogens is 344 g/mol. The lowest BCUT2D eigenvalue weighted by atomic mass is 10.2. The smallest absolute Gasteiger partial charge is 0.242 e. The molecule has 0 saturated carbocycles.